The molecule has 1 atom stereocenters. The van der Waals surface area contributed by atoms with Gasteiger partial charge in [-0.1, -0.05) is 0 Å². The van der Waals surface area contributed by atoms with Crippen molar-refractivity contribution in [3.63, 3.8) is 0 Å². The summed E-state index contributed by atoms with van der Waals surface area (Å²) in [6.07, 6.45) is 5.45. The maximum absolute atomic E-state index is 10.2. The van der Waals surface area contributed by atoms with Crippen LogP contribution in [-0.4, -0.2) is 21.5 Å². The summed E-state index contributed by atoms with van der Waals surface area (Å²) in [5.74, 6) is 0. The lowest BCUT2D eigenvalue weighted by molar-refractivity contribution is -0.0390. The smallest absolute Gasteiger partial charge is 0.150 e. The Morgan fingerprint density at radius 1 is 1.35 bits per heavy atom. The molecule has 20 heavy (non-hydrogen) atoms. The first-order valence-corrected chi connectivity index (χ1v) is 7.29. The third-order valence-corrected chi connectivity index (χ3v) is 3.98. The SMILES string of the molecule is Cc1cc2cn(C3CCCCO3)nc2cc1C(C)(C)O. The Morgan fingerprint density at radius 3 is 2.80 bits per heavy atom. The summed E-state index contributed by atoms with van der Waals surface area (Å²) in [4.78, 5) is 0. The lowest BCUT2D eigenvalue weighted by atomic mass is 9.93. The van der Waals surface area contributed by atoms with Crippen LogP contribution < -0.4 is 0 Å². The summed E-state index contributed by atoms with van der Waals surface area (Å²) in [5, 5.41) is 16.0. The molecule has 0 aliphatic carbocycles. The van der Waals surface area contributed by atoms with Crippen LogP contribution in [0.4, 0.5) is 0 Å². The van der Waals surface area contributed by atoms with Crippen LogP contribution in [0.3, 0.4) is 0 Å². The van der Waals surface area contributed by atoms with E-state index in [4.69, 9.17) is 4.74 Å². The summed E-state index contributed by atoms with van der Waals surface area (Å²) < 4.78 is 7.70. The van der Waals surface area contributed by atoms with Crippen molar-refractivity contribution in [1.29, 1.82) is 0 Å². The Balaban J connectivity index is 2.02. The summed E-state index contributed by atoms with van der Waals surface area (Å²) in [6, 6.07) is 4.08. The van der Waals surface area contributed by atoms with E-state index >= 15 is 0 Å². The minimum Gasteiger partial charge on any atom is -0.386 e. The average Bonchev–Trinajstić information content (AvgIpc) is 2.80. The number of hydrogen-bond donors (Lipinski definition) is 1. The van der Waals surface area contributed by atoms with Crippen molar-refractivity contribution in [2.24, 2.45) is 0 Å². The van der Waals surface area contributed by atoms with Crippen LogP contribution in [0.2, 0.25) is 0 Å². The van der Waals surface area contributed by atoms with Crippen LogP contribution in [0, 0.1) is 6.92 Å². The predicted octanol–water partition coefficient (Wildman–Crippen LogP) is 3.27. The first-order chi connectivity index (χ1) is 9.45. The Kier molecular flexibility index (Phi) is 3.30. The maximum Gasteiger partial charge on any atom is 0.150 e. The molecule has 1 aliphatic heterocycles. The van der Waals surface area contributed by atoms with Crippen LogP contribution in [0.25, 0.3) is 10.9 Å². The predicted molar refractivity (Wildman–Crippen MR) is 78.6 cm³/mol. The molecule has 0 spiro atoms. The van der Waals surface area contributed by atoms with Gasteiger partial charge in [-0.2, -0.15) is 5.10 Å². The molecule has 0 bridgehead atoms. The maximum atomic E-state index is 10.2. The number of nitrogens with zero attached hydrogens (tertiary/aromatic N) is 2. The first kappa shape index (κ1) is 13.6. The number of ether oxygens (including phenoxy) is 1. The fraction of sp³-hybridized carbons (Fsp3) is 0.562. The molecule has 108 valence electrons. The summed E-state index contributed by atoms with van der Waals surface area (Å²) in [5.41, 5.74) is 2.10. The highest BCUT2D eigenvalue weighted by atomic mass is 16.5. The molecule has 0 amide bonds. The first-order valence-electron chi connectivity index (χ1n) is 7.29. The molecule has 3 rings (SSSR count). The molecule has 2 aromatic rings. The third-order valence-electron chi connectivity index (χ3n) is 3.98. The van der Waals surface area contributed by atoms with Crippen LogP contribution in [-0.2, 0) is 10.3 Å². The number of aliphatic hydroxyl groups is 1. The van der Waals surface area contributed by atoms with Gasteiger partial charge in [0, 0.05) is 18.2 Å². The molecule has 0 saturated carbocycles. The van der Waals surface area contributed by atoms with Gasteiger partial charge >= 0.3 is 0 Å². The van der Waals surface area contributed by atoms with Gasteiger partial charge in [0.1, 0.15) is 6.23 Å². The van der Waals surface area contributed by atoms with Gasteiger partial charge in [-0.15, -0.1) is 0 Å². The minimum absolute atomic E-state index is 0.0574. The number of aromatic nitrogens is 2. The lowest BCUT2D eigenvalue weighted by Gasteiger charge is -2.22. The average molecular weight is 274 g/mol. The number of hydrogen-bond acceptors (Lipinski definition) is 3. The topological polar surface area (TPSA) is 47.3 Å². The number of rotatable bonds is 2. The van der Waals surface area contributed by atoms with Crippen molar-refractivity contribution in [3.05, 3.63) is 29.5 Å². The lowest BCUT2D eigenvalue weighted by Crippen LogP contribution is -2.18. The van der Waals surface area contributed by atoms with Crippen molar-refractivity contribution in [3.8, 4) is 0 Å². The van der Waals surface area contributed by atoms with E-state index in [1.54, 1.807) is 0 Å². The summed E-state index contributed by atoms with van der Waals surface area (Å²) in [7, 11) is 0. The second-order valence-corrected chi connectivity index (χ2v) is 6.22. The second kappa shape index (κ2) is 4.86. The van der Waals surface area contributed by atoms with Gasteiger partial charge in [0.2, 0.25) is 0 Å². The highest BCUT2D eigenvalue weighted by molar-refractivity contribution is 5.80. The van der Waals surface area contributed by atoms with Gasteiger partial charge in [-0.3, -0.25) is 0 Å². The molecule has 1 fully saturated rings. The molecule has 1 saturated heterocycles. The van der Waals surface area contributed by atoms with Crippen molar-refractivity contribution in [1.82, 2.24) is 9.78 Å². The largest absolute Gasteiger partial charge is 0.386 e. The standard InChI is InChI=1S/C16H22N2O2/c1-11-8-12-10-18(15-6-4-5-7-20-15)17-14(12)9-13(11)16(2,3)19/h8-10,15,19H,4-7H2,1-3H3. The highest BCUT2D eigenvalue weighted by Crippen LogP contribution is 2.29. The van der Waals surface area contributed by atoms with E-state index < -0.39 is 5.60 Å². The number of fused-ring (bicyclic) bond motifs is 1. The number of aryl methyl sites for hydroxylation is 1. The van der Waals surface area contributed by atoms with E-state index in [0.29, 0.717) is 0 Å². The van der Waals surface area contributed by atoms with E-state index in [0.717, 1.165) is 41.5 Å². The molecule has 1 aromatic heterocycles. The molecule has 1 N–H and O–H groups in total. The highest BCUT2D eigenvalue weighted by Gasteiger charge is 2.21. The van der Waals surface area contributed by atoms with Crippen molar-refractivity contribution < 1.29 is 9.84 Å². The second-order valence-electron chi connectivity index (χ2n) is 6.22. The Morgan fingerprint density at radius 2 is 2.15 bits per heavy atom. The van der Waals surface area contributed by atoms with Gasteiger partial charge < -0.3 is 9.84 Å². The zero-order valence-corrected chi connectivity index (χ0v) is 12.4. The summed E-state index contributed by atoms with van der Waals surface area (Å²) >= 11 is 0. The minimum atomic E-state index is -0.844. The van der Waals surface area contributed by atoms with E-state index in [1.807, 2.05) is 37.7 Å². The third kappa shape index (κ3) is 2.45. The fourth-order valence-electron chi connectivity index (χ4n) is 2.94. The quantitative estimate of drug-likeness (QED) is 0.914. The summed E-state index contributed by atoms with van der Waals surface area (Å²) in [6.45, 7) is 6.46. The Labute approximate surface area is 119 Å². The molecular weight excluding hydrogens is 252 g/mol. The van der Waals surface area contributed by atoms with Gasteiger partial charge in [-0.05, 0) is 63.3 Å². The molecule has 1 aromatic carbocycles. The van der Waals surface area contributed by atoms with Crippen LogP contribution in [0.1, 0.15) is 50.5 Å². The molecule has 4 nitrogen and oxygen atoms in total. The monoisotopic (exact) mass is 274 g/mol. The van der Waals surface area contributed by atoms with Crippen LogP contribution in [0.5, 0.6) is 0 Å². The van der Waals surface area contributed by atoms with E-state index in [1.165, 1.54) is 6.42 Å². The van der Waals surface area contributed by atoms with Gasteiger partial charge in [0.15, 0.2) is 0 Å². The molecule has 2 heterocycles. The molecular formula is C16H22N2O2. The zero-order valence-electron chi connectivity index (χ0n) is 12.4. The van der Waals surface area contributed by atoms with E-state index in [9.17, 15) is 5.11 Å². The fourth-order valence-corrected chi connectivity index (χ4v) is 2.94. The van der Waals surface area contributed by atoms with E-state index in [2.05, 4.69) is 11.2 Å². The van der Waals surface area contributed by atoms with E-state index in [-0.39, 0.29) is 6.23 Å². The zero-order chi connectivity index (χ0) is 14.3. The van der Waals surface area contributed by atoms with Crippen LogP contribution >= 0.6 is 0 Å². The molecule has 1 unspecified atom stereocenters. The molecule has 4 heteroatoms. The normalized spacial score (nSPS) is 20.5. The van der Waals surface area contributed by atoms with Crippen molar-refractivity contribution >= 4 is 10.9 Å². The van der Waals surface area contributed by atoms with Crippen molar-refractivity contribution in [2.45, 2.75) is 51.9 Å². The van der Waals surface area contributed by atoms with Gasteiger partial charge in [-0.25, -0.2) is 4.68 Å². The van der Waals surface area contributed by atoms with Gasteiger partial charge in [0.25, 0.3) is 0 Å². The van der Waals surface area contributed by atoms with Gasteiger partial charge in [0.05, 0.1) is 11.1 Å². The Hall–Kier alpha value is -1.39. The van der Waals surface area contributed by atoms with Crippen molar-refractivity contribution in [2.75, 3.05) is 6.61 Å². The Bertz CT molecular complexity index is 619. The molecule has 0 radical (unpaired) electrons. The number of benzene rings is 1. The van der Waals surface area contributed by atoms with Crippen LogP contribution in [0.15, 0.2) is 18.3 Å². The molecule has 1 aliphatic rings.